The van der Waals surface area contributed by atoms with E-state index in [2.05, 4.69) is 15.4 Å². The summed E-state index contributed by atoms with van der Waals surface area (Å²) in [4.78, 5) is 21.0. The number of hydrogen-bond donors (Lipinski definition) is 1. The Bertz CT molecular complexity index is 1050. The van der Waals surface area contributed by atoms with E-state index in [1.165, 1.54) is 16.9 Å². The molecule has 7 heteroatoms. The van der Waals surface area contributed by atoms with Crippen LogP contribution in [-0.2, 0) is 6.61 Å². The van der Waals surface area contributed by atoms with Crippen molar-refractivity contribution < 1.29 is 9.53 Å². The summed E-state index contributed by atoms with van der Waals surface area (Å²) in [7, 11) is 0. The number of imidazole rings is 1. The van der Waals surface area contributed by atoms with Crippen molar-refractivity contribution in [2.24, 2.45) is 0 Å². The highest BCUT2D eigenvalue weighted by Gasteiger charge is 2.13. The van der Waals surface area contributed by atoms with E-state index in [0.717, 1.165) is 21.8 Å². The lowest BCUT2D eigenvalue weighted by molar-refractivity contribution is 0.100. The predicted molar refractivity (Wildman–Crippen MR) is 101 cm³/mol. The van der Waals surface area contributed by atoms with E-state index in [9.17, 15) is 4.79 Å². The highest BCUT2D eigenvalue weighted by Crippen LogP contribution is 2.17. The second-order valence-corrected chi connectivity index (χ2v) is 6.72. The number of carbonyl (C=O) groups is 1. The van der Waals surface area contributed by atoms with Gasteiger partial charge in [-0.1, -0.05) is 29.8 Å². The molecule has 6 nitrogen and oxygen atoms in total. The van der Waals surface area contributed by atoms with E-state index in [0.29, 0.717) is 12.3 Å². The van der Waals surface area contributed by atoms with Crippen LogP contribution in [0.15, 0.2) is 60.2 Å². The average Bonchev–Trinajstić information content (AvgIpc) is 3.29. The number of hydrogen-bond acceptors (Lipinski definition) is 5. The number of aryl methyl sites for hydroxylation is 1. The van der Waals surface area contributed by atoms with Crippen LogP contribution in [0.4, 0.5) is 0 Å². The summed E-state index contributed by atoms with van der Waals surface area (Å²) in [5, 5.41) is 2.47. The summed E-state index contributed by atoms with van der Waals surface area (Å²) in [5.74, 6) is 0.493. The van der Waals surface area contributed by atoms with Gasteiger partial charge < -0.3 is 4.74 Å². The van der Waals surface area contributed by atoms with Crippen molar-refractivity contribution in [3.8, 4) is 5.75 Å². The third-order valence-corrected chi connectivity index (χ3v) is 4.67. The van der Waals surface area contributed by atoms with Crippen LogP contribution in [0.5, 0.6) is 5.75 Å². The zero-order chi connectivity index (χ0) is 17.9. The van der Waals surface area contributed by atoms with Gasteiger partial charge in [0.05, 0.1) is 11.0 Å². The summed E-state index contributed by atoms with van der Waals surface area (Å²) in [6, 6.07) is 15.4. The number of carbonyl (C=O) groups excluding carboxylic acids is 1. The first-order valence-electron chi connectivity index (χ1n) is 8.06. The Hall–Kier alpha value is -3.19. The zero-order valence-electron chi connectivity index (χ0n) is 14.0. The van der Waals surface area contributed by atoms with E-state index in [1.54, 1.807) is 16.4 Å². The number of rotatable bonds is 5. The second-order valence-electron chi connectivity index (χ2n) is 5.77. The van der Waals surface area contributed by atoms with Crippen molar-refractivity contribution in [2.45, 2.75) is 13.5 Å². The number of aromatic nitrogens is 3. The molecule has 0 aliphatic heterocycles. The Labute approximate surface area is 154 Å². The normalized spacial score (nSPS) is 10.8. The van der Waals surface area contributed by atoms with Crippen molar-refractivity contribution >= 4 is 28.3 Å². The molecule has 0 unspecified atom stereocenters. The van der Waals surface area contributed by atoms with Crippen molar-refractivity contribution in [2.75, 3.05) is 5.43 Å². The minimum absolute atomic E-state index is 0.286. The Kier molecular flexibility index (Phi) is 4.37. The molecule has 0 saturated heterocycles. The van der Waals surface area contributed by atoms with Gasteiger partial charge in [0.1, 0.15) is 29.4 Å². The standard InChI is InChI=1S/C19H16N4O2S/c1-13-6-8-14(9-7-13)25-10-18-21-16(11-26-18)19(24)22-23-12-20-15-4-2-3-5-17(15)23/h2-9,11-12H,10H2,1H3,(H,22,24). The molecule has 1 amide bonds. The third-order valence-electron chi connectivity index (χ3n) is 3.84. The van der Waals surface area contributed by atoms with E-state index in [-0.39, 0.29) is 5.91 Å². The monoisotopic (exact) mass is 364 g/mol. The first-order valence-corrected chi connectivity index (χ1v) is 8.94. The molecule has 2 aromatic heterocycles. The van der Waals surface area contributed by atoms with Gasteiger partial charge >= 0.3 is 0 Å². The smallest absolute Gasteiger partial charge is 0.289 e. The SMILES string of the molecule is Cc1ccc(OCc2nc(C(=O)Nn3cnc4ccccc43)cs2)cc1. The molecule has 130 valence electrons. The Balaban J connectivity index is 1.42. The van der Waals surface area contributed by atoms with Gasteiger partial charge in [-0.2, -0.15) is 0 Å². The molecule has 4 aromatic rings. The van der Waals surface area contributed by atoms with E-state index < -0.39 is 0 Å². The molecule has 0 saturated carbocycles. The van der Waals surface area contributed by atoms with Gasteiger partial charge in [-0.15, -0.1) is 11.3 Å². The Morgan fingerprint density at radius 1 is 1.19 bits per heavy atom. The summed E-state index contributed by atoms with van der Waals surface area (Å²) < 4.78 is 7.30. The number of nitrogens with zero attached hydrogens (tertiary/aromatic N) is 3. The third kappa shape index (κ3) is 3.43. The van der Waals surface area contributed by atoms with E-state index in [1.807, 2.05) is 55.5 Å². The highest BCUT2D eigenvalue weighted by molar-refractivity contribution is 7.09. The lowest BCUT2D eigenvalue weighted by Crippen LogP contribution is -2.22. The fraction of sp³-hybridized carbons (Fsp3) is 0.105. The maximum Gasteiger partial charge on any atom is 0.289 e. The summed E-state index contributed by atoms with van der Waals surface area (Å²) in [5.41, 5.74) is 5.98. The maximum atomic E-state index is 12.4. The van der Waals surface area contributed by atoms with Crippen LogP contribution in [-0.4, -0.2) is 20.6 Å². The van der Waals surface area contributed by atoms with E-state index in [4.69, 9.17) is 4.74 Å². The molecule has 4 rings (SSSR count). The Morgan fingerprint density at radius 2 is 2.00 bits per heavy atom. The summed E-state index contributed by atoms with van der Waals surface area (Å²) in [6.07, 6.45) is 1.58. The molecular weight excluding hydrogens is 348 g/mol. The van der Waals surface area contributed by atoms with Crippen LogP contribution in [0.2, 0.25) is 0 Å². The first kappa shape index (κ1) is 16.3. The van der Waals surface area contributed by atoms with Crippen LogP contribution >= 0.6 is 11.3 Å². The summed E-state index contributed by atoms with van der Waals surface area (Å²) in [6.45, 7) is 2.36. The molecule has 0 radical (unpaired) electrons. The number of para-hydroxylation sites is 2. The van der Waals surface area contributed by atoms with Gasteiger partial charge in [-0.3, -0.25) is 10.2 Å². The first-order chi connectivity index (χ1) is 12.7. The number of ether oxygens (including phenoxy) is 1. The van der Waals surface area contributed by atoms with Crippen LogP contribution in [0.3, 0.4) is 0 Å². The van der Waals surface area contributed by atoms with Crippen LogP contribution in [0.25, 0.3) is 11.0 Å². The maximum absolute atomic E-state index is 12.4. The number of fused-ring (bicyclic) bond motifs is 1. The minimum atomic E-state index is -0.286. The lowest BCUT2D eigenvalue weighted by Gasteiger charge is -2.05. The summed E-state index contributed by atoms with van der Waals surface area (Å²) >= 11 is 1.39. The average molecular weight is 364 g/mol. The van der Waals surface area contributed by atoms with Gasteiger partial charge in [0.15, 0.2) is 0 Å². The molecule has 0 bridgehead atoms. The molecule has 0 atom stereocenters. The van der Waals surface area contributed by atoms with Crippen LogP contribution < -0.4 is 10.2 Å². The van der Waals surface area contributed by atoms with Gasteiger partial charge in [0.2, 0.25) is 0 Å². The molecular formula is C19H16N4O2S. The van der Waals surface area contributed by atoms with E-state index >= 15 is 0 Å². The van der Waals surface area contributed by atoms with Crippen LogP contribution in [0.1, 0.15) is 21.1 Å². The number of thiazole rings is 1. The lowest BCUT2D eigenvalue weighted by atomic mass is 10.2. The fourth-order valence-electron chi connectivity index (χ4n) is 2.48. The molecule has 0 aliphatic rings. The van der Waals surface area contributed by atoms with Gasteiger partial charge in [-0.05, 0) is 31.2 Å². The molecule has 1 N–H and O–H groups in total. The minimum Gasteiger partial charge on any atom is -0.486 e. The molecule has 26 heavy (non-hydrogen) atoms. The van der Waals surface area contributed by atoms with Gasteiger partial charge in [0.25, 0.3) is 5.91 Å². The fourth-order valence-corrected chi connectivity index (χ4v) is 3.16. The van der Waals surface area contributed by atoms with Crippen molar-refractivity contribution in [1.82, 2.24) is 14.6 Å². The van der Waals surface area contributed by atoms with Crippen molar-refractivity contribution in [3.63, 3.8) is 0 Å². The largest absolute Gasteiger partial charge is 0.486 e. The van der Waals surface area contributed by atoms with Crippen molar-refractivity contribution in [1.29, 1.82) is 0 Å². The quantitative estimate of drug-likeness (QED) is 0.585. The topological polar surface area (TPSA) is 69.0 Å². The molecule has 2 heterocycles. The zero-order valence-corrected chi connectivity index (χ0v) is 14.9. The predicted octanol–water partition coefficient (Wildman–Crippen LogP) is 3.76. The number of nitrogens with one attached hydrogen (secondary N) is 1. The van der Waals surface area contributed by atoms with Crippen molar-refractivity contribution in [3.05, 3.63) is 76.5 Å². The molecule has 0 fully saturated rings. The molecule has 0 aliphatic carbocycles. The van der Waals surface area contributed by atoms with Crippen LogP contribution in [0, 0.1) is 6.92 Å². The van der Waals surface area contributed by atoms with Gasteiger partial charge in [-0.25, -0.2) is 14.6 Å². The van der Waals surface area contributed by atoms with Gasteiger partial charge in [0, 0.05) is 5.38 Å². The second kappa shape index (κ2) is 6.97. The number of amides is 1. The highest BCUT2D eigenvalue weighted by atomic mass is 32.1. The molecule has 0 spiro atoms. The Morgan fingerprint density at radius 3 is 2.85 bits per heavy atom. The molecule has 2 aromatic carbocycles. The number of benzene rings is 2.